The summed E-state index contributed by atoms with van der Waals surface area (Å²) < 4.78 is 32.2. The summed E-state index contributed by atoms with van der Waals surface area (Å²) in [7, 11) is -2.56. The number of methoxy groups -OCH3 is 1. The van der Waals surface area contributed by atoms with Gasteiger partial charge in [0, 0.05) is 0 Å². The molecule has 2 N–H and O–H groups in total. The Morgan fingerprint density at radius 1 is 1.03 bits per heavy atom. The van der Waals surface area contributed by atoms with Crippen LogP contribution in [0.2, 0.25) is 0 Å². The summed E-state index contributed by atoms with van der Waals surface area (Å²) in [5.74, 6) is 0.387. The highest BCUT2D eigenvalue weighted by atomic mass is 32.2. The van der Waals surface area contributed by atoms with E-state index in [-0.39, 0.29) is 15.9 Å². The molecule has 0 aliphatic carbocycles. The van der Waals surface area contributed by atoms with Gasteiger partial charge in [0.2, 0.25) is 10.0 Å². The molecule has 0 saturated heterocycles. The molecule has 0 radical (unpaired) electrons. The molecule has 0 spiro atoms. The van der Waals surface area contributed by atoms with Crippen LogP contribution in [0.25, 0.3) is 0 Å². The highest BCUT2D eigenvalue weighted by molar-refractivity contribution is 7.89. The number of hydrogen-bond acceptors (Lipinski definition) is 5. The third-order valence-corrected chi connectivity index (χ3v) is 5.14. The molecule has 0 heterocycles. The third-order valence-electron chi connectivity index (χ3n) is 4.23. The molecule has 0 aliphatic heterocycles. The summed E-state index contributed by atoms with van der Waals surface area (Å²) in [6.45, 7) is 11.2. The average molecular weight is 422 g/mol. The number of primary sulfonamides is 1. The number of sulfonamides is 1. The van der Waals surface area contributed by atoms with Gasteiger partial charge in [0.1, 0.15) is 5.75 Å². The molecule has 7 heteroatoms. The van der Waals surface area contributed by atoms with Crippen LogP contribution in [0.15, 0.2) is 47.4 Å². The molecule has 0 aliphatic rings. The van der Waals surface area contributed by atoms with Crippen molar-refractivity contribution in [1.82, 2.24) is 0 Å². The molecule has 0 atom stereocenters. The SMILES string of the molecule is CCOc1ccc(C(C)(C)C)cc1.CCc1ccc(S(N)(=O)=O)cc1C(=O)OC. The van der Waals surface area contributed by atoms with Gasteiger partial charge in [0.15, 0.2) is 0 Å². The van der Waals surface area contributed by atoms with Gasteiger partial charge in [-0.15, -0.1) is 0 Å². The maximum absolute atomic E-state index is 11.4. The first kappa shape index (κ1) is 24.7. The number of aryl methyl sites for hydroxylation is 1. The van der Waals surface area contributed by atoms with Gasteiger partial charge in [-0.05, 0) is 54.2 Å². The van der Waals surface area contributed by atoms with Gasteiger partial charge in [-0.3, -0.25) is 0 Å². The molecule has 2 aromatic rings. The molecule has 2 rings (SSSR count). The molecule has 29 heavy (non-hydrogen) atoms. The first-order valence-electron chi connectivity index (χ1n) is 9.41. The van der Waals surface area contributed by atoms with E-state index in [9.17, 15) is 13.2 Å². The largest absolute Gasteiger partial charge is 0.494 e. The Hall–Kier alpha value is -2.38. The second-order valence-corrected chi connectivity index (χ2v) is 8.98. The summed E-state index contributed by atoms with van der Waals surface area (Å²) in [6.07, 6.45) is 0.606. The van der Waals surface area contributed by atoms with E-state index in [2.05, 4.69) is 37.6 Å². The maximum Gasteiger partial charge on any atom is 0.338 e. The van der Waals surface area contributed by atoms with E-state index in [1.165, 1.54) is 24.8 Å². The van der Waals surface area contributed by atoms with E-state index in [4.69, 9.17) is 9.88 Å². The van der Waals surface area contributed by atoms with Gasteiger partial charge in [0.25, 0.3) is 0 Å². The van der Waals surface area contributed by atoms with E-state index in [0.29, 0.717) is 6.42 Å². The van der Waals surface area contributed by atoms with Crippen molar-refractivity contribution in [2.75, 3.05) is 13.7 Å². The van der Waals surface area contributed by atoms with Crippen LogP contribution in [0.5, 0.6) is 5.75 Å². The number of carbonyl (C=O) groups excluding carboxylic acids is 1. The Morgan fingerprint density at radius 3 is 2.03 bits per heavy atom. The van der Waals surface area contributed by atoms with E-state index >= 15 is 0 Å². The zero-order valence-electron chi connectivity index (χ0n) is 18.0. The fourth-order valence-corrected chi connectivity index (χ4v) is 3.10. The van der Waals surface area contributed by atoms with E-state index in [1.807, 2.05) is 26.0 Å². The van der Waals surface area contributed by atoms with Gasteiger partial charge in [-0.25, -0.2) is 18.4 Å². The quantitative estimate of drug-likeness (QED) is 0.734. The number of hydrogen-bond donors (Lipinski definition) is 1. The van der Waals surface area contributed by atoms with Crippen molar-refractivity contribution in [2.45, 2.75) is 51.3 Å². The lowest BCUT2D eigenvalue weighted by Crippen LogP contribution is -2.14. The van der Waals surface area contributed by atoms with E-state index in [1.54, 1.807) is 6.07 Å². The number of nitrogens with two attached hydrogens (primary N) is 1. The summed E-state index contributed by atoms with van der Waals surface area (Å²) in [6, 6.07) is 12.5. The molecule has 0 saturated carbocycles. The van der Waals surface area contributed by atoms with Crippen molar-refractivity contribution in [3.05, 3.63) is 59.2 Å². The first-order chi connectivity index (χ1) is 13.4. The van der Waals surface area contributed by atoms with Gasteiger partial charge in [-0.2, -0.15) is 0 Å². The van der Waals surface area contributed by atoms with Crippen molar-refractivity contribution in [2.24, 2.45) is 5.14 Å². The fraction of sp³-hybridized carbons (Fsp3) is 0.409. The minimum Gasteiger partial charge on any atom is -0.494 e. The second kappa shape index (κ2) is 10.4. The summed E-state index contributed by atoms with van der Waals surface area (Å²) in [5, 5.41) is 4.98. The minimum atomic E-state index is -3.80. The Labute approximate surface area is 174 Å². The van der Waals surface area contributed by atoms with Crippen LogP contribution >= 0.6 is 0 Å². The monoisotopic (exact) mass is 421 g/mol. The van der Waals surface area contributed by atoms with Gasteiger partial charge < -0.3 is 9.47 Å². The van der Waals surface area contributed by atoms with Crippen molar-refractivity contribution in [1.29, 1.82) is 0 Å². The Morgan fingerprint density at radius 2 is 1.62 bits per heavy atom. The zero-order chi connectivity index (χ0) is 22.2. The van der Waals surface area contributed by atoms with Crippen LogP contribution < -0.4 is 9.88 Å². The molecule has 160 valence electrons. The molecule has 0 fully saturated rings. The summed E-state index contributed by atoms with van der Waals surface area (Å²) >= 11 is 0. The van der Waals surface area contributed by atoms with Crippen molar-refractivity contribution >= 4 is 16.0 Å². The van der Waals surface area contributed by atoms with Crippen LogP contribution in [0.1, 0.15) is 56.1 Å². The minimum absolute atomic E-state index is 0.0925. The highest BCUT2D eigenvalue weighted by Crippen LogP contribution is 2.24. The molecule has 2 aromatic carbocycles. The smallest absolute Gasteiger partial charge is 0.338 e. The van der Waals surface area contributed by atoms with Crippen molar-refractivity contribution in [3.8, 4) is 5.75 Å². The molecular weight excluding hydrogens is 390 g/mol. The van der Waals surface area contributed by atoms with Crippen LogP contribution in [0, 0.1) is 0 Å². The molecule has 0 bridgehead atoms. The van der Waals surface area contributed by atoms with Crippen molar-refractivity contribution < 1.29 is 22.7 Å². The Bertz CT molecular complexity index is 913. The predicted molar refractivity (Wildman–Crippen MR) is 115 cm³/mol. The number of rotatable bonds is 5. The molecular formula is C22H31NO5S. The number of ether oxygens (including phenoxy) is 2. The van der Waals surface area contributed by atoms with Gasteiger partial charge >= 0.3 is 5.97 Å². The van der Waals surface area contributed by atoms with Crippen LogP contribution in [0.4, 0.5) is 0 Å². The first-order valence-corrected chi connectivity index (χ1v) is 11.0. The van der Waals surface area contributed by atoms with Gasteiger partial charge in [-0.1, -0.05) is 45.9 Å². The number of carbonyl (C=O) groups is 1. The van der Waals surface area contributed by atoms with Crippen LogP contribution in [0.3, 0.4) is 0 Å². The van der Waals surface area contributed by atoms with E-state index < -0.39 is 16.0 Å². The fourth-order valence-electron chi connectivity index (χ4n) is 2.56. The maximum atomic E-state index is 11.4. The number of benzene rings is 2. The summed E-state index contributed by atoms with van der Waals surface area (Å²) in [4.78, 5) is 11.3. The van der Waals surface area contributed by atoms with Crippen LogP contribution in [-0.4, -0.2) is 28.1 Å². The summed E-state index contributed by atoms with van der Waals surface area (Å²) in [5.41, 5.74) is 2.52. The standard InChI is InChI=1S/C12H18O.C10H13NO4S/c1-5-13-11-8-6-10(7-9-11)12(2,3)4;1-3-7-4-5-8(16(11,13)14)6-9(7)10(12)15-2/h6-9H,5H2,1-4H3;4-6H,3H2,1-2H3,(H2,11,13,14). The Balaban J connectivity index is 0.000000296. The molecule has 0 unspecified atom stereocenters. The third kappa shape index (κ3) is 7.51. The van der Waals surface area contributed by atoms with Crippen molar-refractivity contribution in [3.63, 3.8) is 0 Å². The molecule has 0 aromatic heterocycles. The lowest BCUT2D eigenvalue weighted by atomic mass is 9.87. The normalized spacial score (nSPS) is 11.3. The Kier molecular flexibility index (Phi) is 8.85. The van der Waals surface area contributed by atoms with Crippen LogP contribution in [-0.2, 0) is 26.6 Å². The topological polar surface area (TPSA) is 95.7 Å². The van der Waals surface area contributed by atoms with Gasteiger partial charge in [0.05, 0.1) is 24.2 Å². The lowest BCUT2D eigenvalue weighted by Gasteiger charge is -2.19. The highest BCUT2D eigenvalue weighted by Gasteiger charge is 2.16. The lowest BCUT2D eigenvalue weighted by molar-refractivity contribution is 0.0599. The average Bonchev–Trinajstić information content (AvgIpc) is 2.66. The molecule has 6 nitrogen and oxygen atoms in total. The number of esters is 1. The predicted octanol–water partition coefficient (Wildman–Crippen LogP) is 4.07. The second-order valence-electron chi connectivity index (χ2n) is 7.42. The zero-order valence-corrected chi connectivity index (χ0v) is 18.8. The molecule has 0 amide bonds. The van der Waals surface area contributed by atoms with E-state index in [0.717, 1.165) is 17.9 Å².